The average Bonchev–Trinajstić information content (AvgIpc) is 2.71. The number of anilines is 1. The highest BCUT2D eigenvalue weighted by Gasteiger charge is 2.24. The number of aryl methyl sites for hydroxylation is 1. The number of aliphatic hydroxyl groups excluding tert-OH is 1. The van der Waals surface area contributed by atoms with Gasteiger partial charge in [-0.1, -0.05) is 44.4 Å². The predicted octanol–water partition coefficient (Wildman–Crippen LogP) is 5.14. The number of unbranched alkanes of at least 4 members (excludes halogenated alkanes) is 3. The summed E-state index contributed by atoms with van der Waals surface area (Å²) < 4.78 is 0. The monoisotopic (exact) mass is 399 g/mol. The largest absolute Gasteiger partial charge is 0.507 e. The summed E-state index contributed by atoms with van der Waals surface area (Å²) in [6.07, 6.45) is 3.75. The van der Waals surface area contributed by atoms with Crippen LogP contribution in [-0.2, 0) is 6.42 Å². The minimum atomic E-state index is -1.20. The Labute approximate surface area is 173 Å². The van der Waals surface area contributed by atoms with E-state index in [1.54, 1.807) is 18.2 Å². The molecule has 0 saturated heterocycles. The van der Waals surface area contributed by atoms with E-state index in [2.05, 4.69) is 11.8 Å². The van der Waals surface area contributed by atoms with Crippen LogP contribution in [0.5, 0.6) is 5.75 Å². The average molecular weight is 400 g/mol. The molecule has 0 aliphatic heterocycles. The Morgan fingerprint density at radius 3 is 2.34 bits per heavy atom. The lowest BCUT2D eigenvalue weighted by atomic mass is 9.89. The lowest BCUT2D eigenvalue weighted by Crippen LogP contribution is -2.21. The number of benzene rings is 2. The standard InChI is InChI=1S/C24H33NO4/c1-4-7-8-9-11-17-12-10-13-20(24(28)29)22(17)23(27)19-15-14-18(16-21(19)26)25(5-2)6-3/h10,12-16,23,26-27H,4-9,11H2,1-3H3,(H,28,29). The molecular weight excluding hydrogens is 366 g/mol. The fraction of sp³-hybridized carbons (Fsp3) is 0.458. The maximum atomic E-state index is 11.8. The molecule has 0 saturated carbocycles. The maximum absolute atomic E-state index is 11.8. The predicted molar refractivity (Wildman–Crippen MR) is 117 cm³/mol. The molecule has 5 heteroatoms. The van der Waals surface area contributed by atoms with Crippen molar-refractivity contribution in [1.29, 1.82) is 0 Å². The topological polar surface area (TPSA) is 81.0 Å². The van der Waals surface area contributed by atoms with E-state index in [0.29, 0.717) is 17.5 Å². The van der Waals surface area contributed by atoms with E-state index in [9.17, 15) is 20.1 Å². The second-order valence-corrected chi connectivity index (χ2v) is 7.31. The zero-order valence-corrected chi connectivity index (χ0v) is 17.7. The van der Waals surface area contributed by atoms with Gasteiger partial charge in [-0.15, -0.1) is 0 Å². The number of aliphatic hydroxyl groups is 1. The van der Waals surface area contributed by atoms with Gasteiger partial charge in [0.15, 0.2) is 0 Å². The van der Waals surface area contributed by atoms with Crippen molar-refractivity contribution in [3.63, 3.8) is 0 Å². The quantitative estimate of drug-likeness (QED) is 0.456. The fourth-order valence-electron chi connectivity index (χ4n) is 3.79. The molecule has 0 amide bonds. The molecule has 158 valence electrons. The molecule has 0 radical (unpaired) electrons. The van der Waals surface area contributed by atoms with Gasteiger partial charge in [-0.2, -0.15) is 0 Å². The number of carbonyl (C=O) groups is 1. The molecule has 2 aromatic carbocycles. The second kappa shape index (κ2) is 10.9. The van der Waals surface area contributed by atoms with Crippen molar-refractivity contribution in [2.75, 3.05) is 18.0 Å². The Balaban J connectivity index is 2.42. The molecule has 0 fully saturated rings. The number of phenolic OH excluding ortho intramolecular Hbond substituents is 1. The van der Waals surface area contributed by atoms with Gasteiger partial charge in [-0.25, -0.2) is 4.79 Å². The van der Waals surface area contributed by atoms with Crippen molar-refractivity contribution in [3.8, 4) is 5.75 Å². The highest BCUT2D eigenvalue weighted by molar-refractivity contribution is 5.90. The van der Waals surface area contributed by atoms with Gasteiger partial charge in [0.25, 0.3) is 0 Å². The molecule has 1 atom stereocenters. The van der Waals surface area contributed by atoms with E-state index in [0.717, 1.165) is 50.0 Å². The number of phenols is 1. The van der Waals surface area contributed by atoms with Crippen LogP contribution in [0, 0.1) is 0 Å². The summed E-state index contributed by atoms with van der Waals surface area (Å²) in [6, 6.07) is 10.3. The van der Waals surface area contributed by atoms with E-state index in [1.807, 2.05) is 26.0 Å². The zero-order valence-electron chi connectivity index (χ0n) is 17.7. The van der Waals surface area contributed by atoms with Crippen molar-refractivity contribution < 1.29 is 20.1 Å². The van der Waals surface area contributed by atoms with Gasteiger partial charge in [0.1, 0.15) is 11.9 Å². The highest BCUT2D eigenvalue weighted by Crippen LogP contribution is 2.36. The zero-order chi connectivity index (χ0) is 21.4. The molecule has 0 aromatic heterocycles. The van der Waals surface area contributed by atoms with Crippen LogP contribution in [0.25, 0.3) is 0 Å². The van der Waals surface area contributed by atoms with Gasteiger partial charge in [-0.05, 0) is 44.4 Å². The Hall–Kier alpha value is -2.53. The summed E-state index contributed by atoms with van der Waals surface area (Å²) in [7, 11) is 0. The number of aromatic hydroxyl groups is 1. The maximum Gasteiger partial charge on any atom is 0.336 e. The van der Waals surface area contributed by atoms with E-state index in [1.165, 1.54) is 6.07 Å². The van der Waals surface area contributed by atoms with Crippen LogP contribution in [-0.4, -0.2) is 34.4 Å². The third kappa shape index (κ3) is 5.51. The molecule has 0 aliphatic carbocycles. The van der Waals surface area contributed by atoms with Crippen molar-refractivity contribution in [2.24, 2.45) is 0 Å². The number of hydrogen-bond acceptors (Lipinski definition) is 4. The first-order valence-corrected chi connectivity index (χ1v) is 10.5. The summed E-state index contributed by atoms with van der Waals surface area (Å²) in [6.45, 7) is 7.84. The van der Waals surface area contributed by atoms with Crippen molar-refractivity contribution in [1.82, 2.24) is 0 Å². The molecule has 0 bridgehead atoms. The highest BCUT2D eigenvalue weighted by atomic mass is 16.4. The molecule has 2 aromatic rings. The van der Waals surface area contributed by atoms with Gasteiger partial charge >= 0.3 is 5.97 Å². The molecule has 0 aliphatic rings. The van der Waals surface area contributed by atoms with E-state index < -0.39 is 12.1 Å². The molecule has 3 N–H and O–H groups in total. The number of carboxylic acids is 1. The normalized spacial score (nSPS) is 12.0. The number of rotatable bonds is 11. The number of hydrogen-bond donors (Lipinski definition) is 3. The fourth-order valence-corrected chi connectivity index (χ4v) is 3.79. The van der Waals surface area contributed by atoms with Gasteiger partial charge in [0, 0.05) is 36.0 Å². The summed E-state index contributed by atoms with van der Waals surface area (Å²) in [5, 5.41) is 31.4. The molecular formula is C24H33NO4. The second-order valence-electron chi connectivity index (χ2n) is 7.31. The van der Waals surface area contributed by atoms with Crippen molar-refractivity contribution in [2.45, 2.75) is 59.0 Å². The van der Waals surface area contributed by atoms with Gasteiger partial charge in [-0.3, -0.25) is 0 Å². The van der Waals surface area contributed by atoms with Crippen LogP contribution in [0.1, 0.15) is 79.6 Å². The van der Waals surface area contributed by atoms with E-state index in [-0.39, 0.29) is 11.3 Å². The summed E-state index contributed by atoms with van der Waals surface area (Å²) in [5.74, 6) is -1.10. The van der Waals surface area contributed by atoms with Crippen LogP contribution < -0.4 is 4.90 Å². The van der Waals surface area contributed by atoms with Gasteiger partial charge in [0.2, 0.25) is 0 Å². The molecule has 2 rings (SSSR count). The first-order valence-electron chi connectivity index (χ1n) is 10.5. The van der Waals surface area contributed by atoms with Crippen LogP contribution in [0.4, 0.5) is 5.69 Å². The van der Waals surface area contributed by atoms with Crippen LogP contribution in [0.2, 0.25) is 0 Å². The number of carboxylic acid groups (broad SMARTS) is 1. The lowest BCUT2D eigenvalue weighted by molar-refractivity contribution is 0.0691. The first-order chi connectivity index (χ1) is 13.9. The van der Waals surface area contributed by atoms with Gasteiger partial charge < -0.3 is 20.2 Å². The van der Waals surface area contributed by atoms with Gasteiger partial charge in [0.05, 0.1) is 5.56 Å². The molecule has 1 unspecified atom stereocenters. The molecule has 29 heavy (non-hydrogen) atoms. The van der Waals surface area contributed by atoms with Crippen LogP contribution in [0.3, 0.4) is 0 Å². The van der Waals surface area contributed by atoms with E-state index in [4.69, 9.17) is 0 Å². The Morgan fingerprint density at radius 2 is 1.76 bits per heavy atom. The minimum absolute atomic E-state index is 0.0287. The van der Waals surface area contributed by atoms with Crippen LogP contribution in [0.15, 0.2) is 36.4 Å². The Bertz CT molecular complexity index is 815. The van der Waals surface area contributed by atoms with Crippen molar-refractivity contribution >= 4 is 11.7 Å². The minimum Gasteiger partial charge on any atom is -0.507 e. The third-order valence-corrected chi connectivity index (χ3v) is 5.44. The third-order valence-electron chi connectivity index (χ3n) is 5.44. The Morgan fingerprint density at radius 1 is 1.03 bits per heavy atom. The van der Waals surface area contributed by atoms with E-state index >= 15 is 0 Å². The molecule has 0 spiro atoms. The van der Waals surface area contributed by atoms with Crippen molar-refractivity contribution in [3.05, 3.63) is 58.7 Å². The summed E-state index contributed by atoms with van der Waals surface area (Å²) >= 11 is 0. The lowest BCUT2D eigenvalue weighted by Gasteiger charge is -2.23. The summed E-state index contributed by atoms with van der Waals surface area (Å²) in [5.41, 5.74) is 2.47. The number of nitrogens with zero attached hydrogens (tertiary/aromatic N) is 1. The Kier molecular flexibility index (Phi) is 8.52. The summed E-state index contributed by atoms with van der Waals surface area (Å²) in [4.78, 5) is 13.9. The molecule has 5 nitrogen and oxygen atoms in total. The molecule has 0 heterocycles. The smallest absolute Gasteiger partial charge is 0.336 e. The van der Waals surface area contributed by atoms with Crippen LogP contribution >= 0.6 is 0 Å². The first kappa shape index (κ1) is 22.8. The SMILES string of the molecule is CCCCCCc1cccc(C(=O)O)c1C(O)c1ccc(N(CC)CC)cc1O. The number of aromatic carboxylic acids is 1.